The van der Waals surface area contributed by atoms with E-state index >= 15 is 0 Å². The lowest BCUT2D eigenvalue weighted by molar-refractivity contribution is -0.0641. The molecule has 28 heavy (non-hydrogen) atoms. The third kappa shape index (κ3) is 11.3. The fraction of sp³-hybridized carbons (Fsp3) is 0.889. The van der Waals surface area contributed by atoms with E-state index in [9.17, 15) is 0 Å². The smallest absolute Gasteiger partial charge is 0.0876 e. The Bertz CT molecular complexity index is 526. The lowest BCUT2D eigenvalue weighted by Gasteiger charge is -2.33. The second-order valence-electron chi connectivity index (χ2n) is 8.62. The lowest BCUT2D eigenvalue weighted by atomic mass is 9.95. The summed E-state index contributed by atoms with van der Waals surface area (Å²) < 4.78 is 11.6. The third-order valence-corrected chi connectivity index (χ3v) is 4.34. The Morgan fingerprint density at radius 1 is 1.32 bits per heavy atom. The summed E-state index contributed by atoms with van der Waals surface area (Å²) in [5.41, 5.74) is 14.3. The molecule has 1 saturated heterocycles. The molecule has 1 aliphatic heterocycles. The molecule has 162 valence electrons. The Morgan fingerprint density at radius 2 is 2.00 bits per heavy atom. The van der Waals surface area contributed by atoms with Gasteiger partial charge in [-0.05, 0) is 24.8 Å². The van der Waals surface area contributed by atoms with Gasteiger partial charge >= 0.3 is 0 Å². The Labute approximate surface area is 168 Å². The van der Waals surface area contributed by atoms with Crippen LogP contribution in [0.25, 0.3) is 10.4 Å². The molecule has 10 heteroatoms. The van der Waals surface area contributed by atoms with Crippen LogP contribution in [0, 0.1) is 5.41 Å². The van der Waals surface area contributed by atoms with Crippen molar-refractivity contribution in [3.8, 4) is 0 Å². The molecule has 0 aromatic heterocycles. The predicted octanol–water partition coefficient (Wildman–Crippen LogP) is 1.02. The molecule has 1 heterocycles. The number of hydrogen-bond donors (Lipinski definition) is 3. The summed E-state index contributed by atoms with van der Waals surface area (Å²) in [4.78, 5) is 5.18. The fourth-order valence-electron chi connectivity index (χ4n) is 2.76. The Hall–Kier alpha value is -1.55. The lowest BCUT2D eigenvalue weighted by Crippen LogP contribution is -2.44. The van der Waals surface area contributed by atoms with Crippen LogP contribution < -0.4 is 16.9 Å². The van der Waals surface area contributed by atoms with Gasteiger partial charge in [0.1, 0.15) is 0 Å². The summed E-state index contributed by atoms with van der Waals surface area (Å²) in [6.07, 6.45) is 1.68. The van der Waals surface area contributed by atoms with E-state index in [4.69, 9.17) is 26.6 Å². The molecule has 0 atom stereocenters. The summed E-state index contributed by atoms with van der Waals surface area (Å²) in [5, 5.41) is 8.48. The highest BCUT2D eigenvalue weighted by Crippen LogP contribution is 2.21. The fourth-order valence-corrected chi connectivity index (χ4v) is 2.76. The van der Waals surface area contributed by atoms with E-state index in [1.807, 2.05) is 27.7 Å². The van der Waals surface area contributed by atoms with Crippen LogP contribution in [0.15, 0.2) is 17.0 Å². The maximum absolute atomic E-state index is 8.47. The van der Waals surface area contributed by atoms with Gasteiger partial charge in [-0.3, -0.25) is 4.90 Å². The summed E-state index contributed by atoms with van der Waals surface area (Å²) in [7, 11) is 0. The minimum atomic E-state index is -0.484. The zero-order chi connectivity index (χ0) is 21.0. The summed E-state index contributed by atoms with van der Waals surface area (Å²) in [5.74, 6) is 6.06. The predicted molar refractivity (Wildman–Crippen MR) is 111 cm³/mol. The van der Waals surface area contributed by atoms with Crippen LogP contribution in [0.1, 0.15) is 27.7 Å². The van der Waals surface area contributed by atoms with Crippen LogP contribution in [0.5, 0.6) is 0 Å². The van der Waals surface area contributed by atoms with Crippen LogP contribution in [-0.2, 0) is 9.47 Å². The van der Waals surface area contributed by atoms with Gasteiger partial charge in [-0.2, -0.15) is 0 Å². The highest BCUT2D eigenvalue weighted by molar-refractivity contribution is 4.96. The van der Waals surface area contributed by atoms with Crippen LogP contribution in [-0.4, -0.2) is 81.1 Å². The van der Waals surface area contributed by atoms with Gasteiger partial charge in [-0.1, -0.05) is 19.0 Å². The van der Waals surface area contributed by atoms with Gasteiger partial charge < -0.3 is 25.5 Å². The van der Waals surface area contributed by atoms with Crippen molar-refractivity contribution in [3.63, 3.8) is 0 Å². The number of hydrogen-bond acceptors (Lipinski definition) is 8. The average molecular weight is 399 g/mol. The number of hydrazine groups is 1. The molecule has 5 N–H and O–H groups in total. The minimum Gasteiger partial charge on any atom is -0.399 e. The van der Waals surface area contributed by atoms with Crippen LogP contribution >= 0.6 is 0 Å². The topological polar surface area (TPSA) is 138 Å². The summed E-state index contributed by atoms with van der Waals surface area (Å²) >= 11 is 0. The Kier molecular flexibility index (Phi) is 10.6. The molecule has 10 nitrogen and oxygen atoms in total. The van der Waals surface area contributed by atoms with E-state index in [2.05, 4.69) is 20.2 Å². The first-order valence-corrected chi connectivity index (χ1v) is 9.77. The molecule has 0 unspecified atom stereocenters. The molecule has 0 saturated carbocycles. The standard InChI is InChI=1S/C18H38N8O2/c1-17(2,13-23-24-20)15-28-18(3,4)14-26(21)11-16(19)12-27-10-9-25-7-5-22-6-8-25/h11,22H,5-10,12-15,19,21H2,1-4H3/b16-11-. The average Bonchev–Trinajstić information content (AvgIpc) is 2.62. The molecule has 1 fully saturated rings. The van der Waals surface area contributed by atoms with Gasteiger partial charge in [-0.15, -0.1) is 0 Å². The molecule has 0 amide bonds. The first-order chi connectivity index (χ1) is 13.1. The summed E-state index contributed by atoms with van der Waals surface area (Å²) in [6.45, 7) is 15.3. The number of ether oxygens (including phenoxy) is 2. The Balaban J connectivity index is 2.30. The first kappa shape index (κ1) is 24.5. The van der Waals surface area contributed by atoms with Gasteiger partial charge in [0.25, 0.3) is 0 Å². The zero-order valence-electron chi connectivity index (χ0n) is 17.9. The van der Waals surface area contributed by atoms with Gasteiger partial charge in [0.15, 0.2) is 0 Å². The molecule has 0 radical (unpaired) electrons. The molecular formula is C18H38N8O2. The van der Waals surface area contributed by atoms with E-state index in [0.29, 0.717) is 38.6 Å². The molecule has 0 aliphatic carbocycles. The monoisotopic (exact) mass is 398 g/mol. The minimum absolute atomic E-state index is 0.240. The van der Waals surface area contributed by atoms with E-state index < -0.39 is 5.60 Å². The van der Waals surface area contributed by atoms with Gasteiger partial charge in [-0.25, -0.2) is 5.84 Å². The molecular weight excluding hydrogens is 360 g/mol. The SMILES string of the molecule is CC(C)(CN=[N+]=[N-])COC(C)(C)CN(N)/C=C(\N)COCCN1CCNCC1. The van der Waals surface area contributed by atoms with E-state index in [0.717, 1.165) is 32.7 Å². The van der Waals surface area contributed by atoms with Crippen molar-refractivity contribution in [2.45, 2.75) is 33.3 Å². The van der Waals surface area contributed by atoms with Crippen molar-refractivity contribution >= 4 is 0 Å². The second kappa shape index (κ2) is 12.1. The van der Waals surface area contributed by atoms with Crippen LogP contribution in [0.3, 0.4) is 0 Å². The van der Waals surface area contributed by atoms with E-state index in [1.54, 1.807) is 6.20 Å². The van der Waals surface area contributed by atoms with Crippen molar-refractivity contribution in [1.82, 2.24) is 15.2 Å². The first-order valence-electron chi connectivity index (χ1n) is 9.77. The van der Waals surface area contributed by atoms with Gasteiger partial charge in [0, 0.05) is 50.4 Å². The number of piperazine rings is 1. The quantitative estimate of drug-likeness (QED) is 0.105. The zero-order valence-corrected chi connectivity index (χ0v) is 17.9. The van der Waals surface area contributed by atoms with E-state index in [-0.39, 0.29) is 5.41 Å². The maximum atomic E-state index is 8.47. The number of nitrogens with one attached hydrogen (secondary N) is 1. The molecule has 1 rings (SSSR count). The van der Waals surface area contributed by atoms with Crippen molar-refractivity contribution < 1.29 is 9.47 Å². The maximum Gasteiger partial charge on any atom is 0.0876 e. The molecule has 1 aliphatic rings. The third-order valence-electron chi connectivity index (χ3n) is 4.34. The number of nitrogens with zero attached hydrogens (tertiary/aromatic N) is 5. The van der Waals surface area contributed by atoms with Gasteiger partial charge in [0.2, 0.25) is 0 Å². The van der Waals surface area contributed by atoms with Crippen molar-refractivity contribution in [2.75, 3.05) is 65.6 Å². The number of rotatable bonds is 13. The largest absolute Gasteiger partial charge is 0.399 e. The highest BCUT2D eigenvalue weighted by Gasteiger charge is 2.25. The number of azide groups is 1. The van der Waals surface area contributed by atoms with Crippen LogP contribution in [0.4, 0.5) is 0 Å². The molecule has 0 spiro atoms. The van der Waals surface area contributed by atoms with Crippen LogP contribution in [0.2, 0.25) is 0 Å². The second-order valence-corrected chi connectivity index (χ2v) is 8.62. The summed E-state index contributed by atoms with van der Waals surface area (Å²) in [6, 6.07) is 0. The molecule has 0 aromatic carbocycles. The highest BCUT2D eigenvalue weighted by atomic mass is 16.5. The van der Waals surface area contributed by atoms with Crippen molar-refractivity contribution in [3.05, 3.63) is 22.3 Å². The normalized spacial score (nSPS) is 16.7. The molecule has 0 aromatic rings. The van der Waals surface area contributed by atoms with Crippen molar-refractivity contribution in [1.29, 1.82) is 0 Å². The van der Waals surface area contributed by atoms with Crippen molar-refractivity contribution in [2.24, 2.45) is 22.1 Å². The molecule has 0 bridgehead atoms. The van der Waals surface area contributed by atoms with E-state index in [1.165, 1.54) is 5.01 Å². The number of nitrogens with two attached hydrogens (primary N) is 2. The Morgan fingerprint density at radius 3 is 2.64 bits per heavy atom. The van der Waals surface area contributed by atoms with Gasteiger partial charge in [0.05, 0.1) is 37.7 Å².